The van der Waals surface area contributed by atoms with Crippen LogP contribution in [0.2, 0.25) is 0 Å². The van der Waals surface area contributed by atoms with Crippen LogP contribution < -0.4 is 15.5 Å². The molecule has 0 bridgehead atoms. The van der Waals surface area contributed by atoms with Crippen LogP contribution in [-0.4, -0.2) is 18.0 Å². The highest BCUT2D eigenvalue weighted by molar-refractivity contribution is 6.06. The molecule has 0 spiro atoms. The van der Waals surface area contributed by atoms with Crippen LogP contribution in [0.1, 0.15) is 21.5 Å². The molecule has 1 aromatic heterocycles. The van der Waals surface area contributed by atoms with Gasteiger partial charge in [0.15, 0.2) is 0 Å². The molecule has 0 unspecified atom stereocenters. The molecular formula is C19H18N2O3. The Bertz CT molecular complexity index is 990. The number of amides is 1. The Morgan fingerprint density at radius 1 is 1.12 bits per heavy atom. The number of pyridine rings is 1. The van der Waals surface area contributed by atoms with Crippen LogP contribution in [0.3, 0.4) is 0 Å². The molecule has 24 heavy (non-hydrogen) atoms. The summed E-state index contributed by atoms with van der Waals surface area (Å²) in [4.78, 5) is 28.1. The second kappa shape index (κ2) is 6.20. The summed E-state index contributed by atoms with van der Waals surface area (Å²) >= 11 is 0. The number of nitrogens with one attached hydrogen (secondary N) is 2. The van der Waals surface area contributed by atoms with Gasteiger partial charge < -0.3 is 15.0 Å². The third kappa shape index (κ3) is 2.88. The molecule has 5 nitrogen and oxygen atoms in total. The van der Waals surface area contributed by atoms with E-state index in [2.05, 4.69) is 10.3 Å². The number of aromatic nitrogens is 1. The Balaban J connectivity index is 2.00. The minimum atomic E-state index is -0.437. The molecule has 1 heterocycles. The average Bonchev–Trinajstić information content (AvgIpc) is 2.57. The predicted molar refractivity (Wildman–Crippen MR) is 95.0 cm³/mol. The third-order valence-electron chi connectivity index (χ3n) is 3.96. The molecule has 0 aliphatic heterocycles. The summed E-state index contributed by atoms with van der Waals surface area (Å²) in [5.41, 5.74) is 3.14. The molecule has 5 heteroatoms. The molecule has 0 atom stereocenters. The van der Waals surface area contributed by atoms with Crippen molar-refractivity contribution in [2.45, 2.75) is 13.8 Å². The zero-order chi connectivity index (χ0) is 17.3. The van der Waals surface area contributed by atoms with E-state index in [9.17, 15) is 9.59 Å². The minimum absolute atomic E-state index is 0.0655. The Kier molecular flexibility index (Phi) is 4.08. The lowest BCUT2D eigenvalue weighted by atomic mass is 10.1. The summed E-state index contributed by atoms with van der Waals surface area (Å²) in [6, 6.07) is 10.9. The van der Waals surface area contributed by atoms with Crippen molar-refractivity contribution in [3.8, 4) is 5.75 Å². The van der Waals surface area contributed by atoms with Gasteiger partial charge in [-0.1, -0.05) is 17.7 Å². The first-order valence-electron chi connectivity index (χ1n) is 7.57. The number of anilines is 1. The van der Waals surface area contributed by atoms with Gasteiger partial charge in [0.25, 0.3) is 5.91 Å². The van der Waals surface area contributed by atoms with Gasteiger partial charge in [0.1, 0.15) is 11.3 Å². The number of hydrogen-bond donors (Lipinski definition) is 2. The van der Waals surface area contributed by atoms with Crippen molar-refractivity contribution in [3.05, 3.63) is 69.5 Å². The number of rotatable bonds is 3. The van der Waals surface area contributed by atoms with E-state index in [4.69, 9.17) is 4.74 Å². The van der Waals surface area contributed by atoms with E-state index in [0.717, 1.165) is 11.1 Å². The molecule has 3 aromatic rings. The van der Waals surface area contributed by atoms with Gasteiger partial charge in [-0.15, -0.1) is 0 Å². The maximum absolute atomic E-state index is 12.6. The number of aromatic amines is 1. The van der Waals surface area contributed by atoms with Crippen molar-refractivity contribution in [2.75, 3.05) is 12.4 Å². The fourth-order valence-corrected chi connectivity index (χ4v) is 2.64. The predicted octanol–water partition coefficient (Wildman–Crippen LogP) is 3.41. The van der Waals surface area contributed by atoms with Crippen LogP contribution in [0.15, 0.2) is 47.4 Å². The van der Waals surface area contributed by atoms with E-state index in [0.29, 0.717) is 22.3 Å². The summed E-state index contributed by atoms with van der Waals surface area (Å²) < 4.78 is 5.15. The summed E-state index contributed by atoms with van der Waals surface area (Å²) in [7, 11) is 1.53. The minimum Gasteiger partial charge on any atom is -0.497 e. The molecule has 2 N–H and O–H groups in total. The van der Waals surface area contributed by atoms with Crippen molar-refractivity contribution < 1.29 is 9.53 Å². The first kappa shape index (κ1) is 15.8. The lowest BCUT2D eigenvalue weighted by Gasteiger charge is -2.09. The van der Waals surface area contributed by atoms with Gasteiger partial charge in [-0.05, 0) is 43.7 Å². The first-order valence-corrected chi connectivity index (χ1v) is 7.57. The molecule has 0 radical (unpaired) electrons. The highest BCUT2D eigenvalue weighted by atomic mass is 16.5. The second-order valence-electron chi connectivity index (χ2n) is 5.72. The molecular weight excluding hydrogens is 304 g/mol. The number of fused-ring (bicyclic) bond motifs is 1. The first-order chi connectivity index (χ1) is 11.5. The fraction of sp³-hybridized carbons (Fsp3) is 0.158. The van der Waals surface area contributed by atoms with Crippen LogP contribution in [-0.2, 0) is 0 Å². The van der Waals surface area contributed by atoms with E-state index < -0.39 is 5.91 Å². The fourth-order valence-electron chi connectivity index (χ4n) is 2.64. The number of carbonyl (C=O) groups excluding carboxylic acids is 1. The number of methoxy groups -OCH3 is 1. The van der Waals surface area contributed by atoms with Gasteiger partial charge in [0, 0.05) is 22.8 Å². The SMILES string of the molecule is COc1ccc2[nH]cc(C(=O)Nc3ccc(C)cc3C)c(=O)c2c1. The third-order valence-corrected chi connectivity index (χ3v) is 3.96. The van der Waals surface area contributed by atoms with Crippen LogP contribution in [0, 0.1) is 13.8 Å². The Morgan fingerprint density at radius 2 is 1.92 bits per heavy atom. The van der Waals surface area contributed by atoms with Crippen molar-refractivity contribution in [1.82, 2.24) is 4.98 Å². The highest BCUT2D eigenvalue weighted by Crippen LogP contribution is 2.19. The van der Waals surface area contributed by atoms with Gasteiger partial charge in [-0.2, -0.15) is 0 Å². The average molecular weight is 322 g/mol. The lowest BCUT2D eigenvalue weighted by Crippen LogP contribution is -2.22. The molecule has 2 aromatic carbocycles. The van der Waals surface area contributed by atoms with E-state index in [1.165, 1.54) is 13.3 Å². The van der Waals surface area contributed by atoms with Gasteiger partial charge >= 0.3 is 0 Å². The van der Waals surface area contributed by atoms with Crippen LogP contribution in [0.25, 0.3) is 10.9 Å². The molecule has 0 saturated heterocycles. The summed E-state index contributed by atoms with van der Waals surface area (Å²) in [6.45, 7) is 3.90. The Hall–Kier alpha value is -3.08. The van der Waals surface area contributed by atoms with Crippen molar-refractivity contribution in [2.24, 2.45) is 0 Å². The Morgan fingerprint density at radius 3 is 2.62 bits per heavy atom. The smallest absolute Gasteiger partial charge is 0.261 e. The van der Waals surface area contributed by atoms with Gasteiger partial charge in [-0.3, -0.25) is 9.59 Å². The highest BCUT2D eigenvalue weighted by Gasteiger charge is 2.14. The molecule has 0 saturated carbocycles. The summed E-state index contributed by atoms with van der Waals surface area (Å²) in [5.74, 6) is 0.132. The van der Waals surface area contributed by atoms with Crippen LogP contribution in [0.4, 0.5) is 5.69 Å². The number of carbonyl (C=O) groups is 1. The lowest BCUT2D eigenvalue weighted by molar-refractivity contribution is 0.102. The molecule has 0 aliphatic rings. The molecule has 3 rings (SSSR count). The van der Waals surface area contributed by atoms with Crippen molar-refractivity contribution >= 4 is 22.5 Å². The van der Waals surface area contributed by atoms with Gasteiger partial charge in [-0.25, -0.2) is 0 Å². The van der Waals surface area contributed by atoms with E-state index in [1.807, 2.05) is 32.0 Å². The van der Waals surface area contributed by atoms with E-state index in [-0.39, 0.29) is 11.0 Å². The normalized spacial score (nSPS) is 10.6. The molecule has 1 amide bonds. The number of aryl methyl sites for hydroxylation is 2. The maximum atomic E-state index is 12.6. The van der Waals surface area contributed by atoms with Crippen molar-refractivity contribution in [1.29, 1.82) is 0 Å². The monoisotopic (exact) mass is 322 g/mol. The molecule has 0 fully saturated rings. The summed E-state index contributed by atoms with van der Waals surface area (Å²) in [6.07, 6.45) is 1.44. The topological polar surface area (TPSA) is 71.2 Å². The van der Waals surface area contributed by atoms with Gasteiger partial charge in [0.2, 0.25) is 5.43 Å². The number of hydrogen-bond acceptors (Lipinski definition) is 3. The molecule has 0 aliphatic carbocycles. The zero-order valence-corrected chi connectivity index (χ0v) is 13.8. The number of ether oxygens (including phenoxy) is 1. The Labute approximate surface area is 139 Å². The largest absolute Gasteiger partial charge is 0.497 e. The van der Waals surface area contributed by atoms with E-state index in [1.54, 1.807) is 18.2 Å². The van der Waals surface area contributed by atoms with Crippen molar-refractivity contribution in [3.63, 3.8) is 0 Å². The quantitative estimate of drug-likeness (QED) is 0.776. The van der Waals surface area contributed by atoms with E-state index >= 15 is 0 Å². The summed E-state index contributed by atoms with van der Waals surface area (Å²) in [5, 5.41) is 3.22. The number of H-pyrrole nitrogens is 1. The van der Waals surface area contributed by atoms with Crippen LogP contribution >= 0.6 is 0 Å². The maximum Gasteiger partial charge on any atom is 0.261 e. The molecule has 122 valence electrons. The van der Waals surface area contributed by atoms with Crippen LogP contribution in [0.5, 0.6) is 5.75 Å². The zero-order valence-electron chi connectivity index (χ0n) is 13.8. The standard InChI is InChI=1S/C19H18N2O3/c1-11-4-6-16(12(2)8-11)21-19(23)15-10-20-17-7-5-13(24-3)9-14(17)18(15)22/h4-10H,1-3H3,(H,20,22)(H,21,23). The second-order valence-corrected chi connectivity index (χ2v) is 5.72. The number of benzene rings is 2. The van der Waals surface area contributed by atoms with Gasteiger partial charge in [0.05, 0.1) is 7.11 Å².